The van der Waals surface area contributed by atoms with Gasteiger partial charge in [-0.1, -0.05) is 44.2 Å². The average molecular weight is 242 g/mol. The number of nitrogen functional groups attached to an aromatic ring is 1. The normalized spacial score (nSPS) is 8.28. The number of carbonyl (C=O) groups is 1. The Bertz CT molecular complexity index is 518. The first kappa shape index (κ1) is 15.7. The summed E-state index contributed by atoms with van der Waals surface area (Å²) in [7, 11) is 0. The lowest BCUT2D eigenvalue weighted by atomic mass is 10.1. The first-order valence-electron chi connectivity index (χ1n) is 5.64. The summed E-state index contributed by atoms with van der Waals surface area (Å²) in [6.07, 6.45) is 8.00. The van der Waals surface area contributed by atoms with E-state index < -0.39 is 0 Å². The molecule has 0 saturated carbocycles. The van der Waals surface area contributed by atoms with Gasteiger partial charge in [-0.3, -0.25) is 10.2 Å². The molecule has 0 aliphatic heterocycles. The van der Waals surface area contributed by atoms with Gasteiger partial charge in [0.05, 0.1) is 0 Å². The third kappa shape index (κ3) is 3.93. The summed E-state index contributed by atoms with van der Waals surface area (Å²) < 4.78 is 0. The van der Waals surface area contributed by atoms with Gasteiger partial charge >= 0.3 is 0 Å². The fourth-order valence-corrected chi connectivity index (χ4v) is 1.41. The van der Waals surface area contributed by atoms with Gasteiger partial charge in [-0.15, -0.1) is 12.8 Å². The molecule has 0 heterocycles. The van der Waals surface area contributed by atoms with Crippen molar-refractivity contribution in [2.24, 2.45) is 5.84 Å². The molecule has 0 bridgehead atoms. The lowest BCUT2D eigenvalue weighted by molar-refractivity contribution is 0.0954. The molecule has 0 saturated heterocycles. The van der Waals surface area contributed by atoms with E-state index >= 15 is 0 Å². The largest absolute Gasteiger partial charge is 0.290 e. The van der Waals surface area contributed by atoms with Crippen molar-refractivity contribution in [3.05, 3.63) is 48.0 Å². The monoisotopic (exact) mass is 242 g/mol. The van der Waals surface area contributed by atoms with Crippen molar-refractivity contribution in [2.45, 2.75) is 13.8 Å². The number of fused-ring (bicyclic) bond motifs is 1. The minimum Gasteiger partial charge on any atom is -0.290 e. The fraction of sp³-hybridized carbons (Fsp3) is 0.133. The summed E-state index contributed by atoms with van der Waals surface area (Å²) in [5.74, 6) is 4.78. The molecule has 3 heteroatoms. The van der Waals surface area contributed by atoms with Crippen molar-refractivity contribution in [1.29, 1.82) is 0 Å². The van der Waals surface area contributed by atoms with Crippen molar-refractivity contribution in [3.8, 4) is 12.8 Å². The molecule has 2 rings (SSSR count). The first-order valence-corrected chi connectivity index (χ1v) is 5.64. The number of nitrogens with two attached hydrogens (primary N) is 1. The highest BCUT2D eigenvalue weighted by atomic mass is 16.2. The highest BCUT2D eigenvalue weighted by molar-refractivity contribution is 5.98. The molecule has 0 unspecified atom stereocenters. The fourth-order valence-electron chi connectivity index (χ4n) is 1.41. The number of nitrogens with one attached hydrogen (secondary N) is 1. The Kier molecular flexibility index (Phi) is 7.67. The van der Waals surface area contributed by atoms with Gasteiger partial charge in [-0.2, -0.15) is 0 Å². The Labute approximate surface area is 108 Å². The molecule has 0 radical (unpaired) electrons. The zero-order valence-corrected chi connectivity index (χ0v) is 10.7. The summed E-state index contributed by atoms with van der Waals surface area (Å²) in [6, 6.07) is 13.3. The number of benzene rings is 2. The SMILES string of the molecule is C#C.CC.NNC(=O)c1ccc2ccccc2c1. The average Bonchev–Trinajstić information content (AvgIpc) is 2.50. The summed E-state index contributed by atoms with van der Waals surface area (Å²) in [5, 5.41) is 2.15. The second kappa shape index (κ2) is 8.80. The molecule has 0 spiro atoms. The molecular formula is C15H18N2O. The molecule has 0 aliphatic carbocycles. The van der Waals surface area contributed by atoms with Crippen LogP contribution in [0.15, 0.2) is 42.5 Å². The number of carbonyl (C=O) groups excluding carboxylic acids is 1. The zero-order valence-electron chi connectivity index (χ0n) is 10.7. The standard InChI is InChI=1S/C11H10N2O.C2H6.C2H2/c12-13-11(14)10-6-5-8-3-1-2-4-9(8)7-10;2*1-2/h1-7H,12H2,(H,13,14);1-2H3;1-2H. The highest BCUT2D eigenvalue weighted by Crippen LogP contribution is 2.15. The minimum atomic E-state index is -0.268. The van der Waals surface area contributed by atoms with Crippen LogP contribution in [-0.4, -0.2) is 5.91 Å². The minimum absolute atomic E-state index is 0.268. The topological polar surface area (TPSA) is 55.1 Å². The Morgan fingerprint density at radius 2 is 1.61 bits per heavy atom. The molecule has 0 atom stereocenters. The van der Waals surface area contributed by atoms with Crippen LogP contribution in [0.2, 0.25) is 0 Å². The van der Waals surface area contributed by atoms with Crippen LogP contribution in [0.5, 0.6) is 0 Å². The number of rotatable bonds is 1. The van der Waals surface area contributed by atoms with Crippen LogP contribution in [0.3, 0.4) is 0 Å². The summed E-state index contributed by atoms with van der Waals surface area (Å²) in [4.78, 5) is 11.2. The molecule has 18 heavy (non-hydrogen) atoms. The number of hydrogen-bond acceptors (Lipinski definition) is 2. The van der Waals surface area contributed by atoms with E-state index in [4.69, 9.17) is 5.84 Å². The zero-order chi connectivity index (χ0) is 14.0. The molecule has 2 aromatic carbocycles. The van der Waals surface area contributed by atoms with E-state index in [0.717, 1.165) is 10.8 Å². The van der Waals surface area contributed by atoms with Crippen molar-refractivity contribution in [3.63, 3.8) is 0 Å². The highest BCUT2D eigenvalue weighted by Gasteiger charge is 2.02. The van der Waals surface area contributed by atoms with Crippen LogP contribution in [0.4, 0.5) is 0 Å². The van der Waals surface area contributed by atoms with E-state index in [1.807, 2.05) is 50.2 Å². The number of hydrazine groups is 1. The van der Waals surface area contributed by atoms with Crippen molar-refractivity contribution in [1.82, 2.24) is 5.43 Å². The van der Waals surface area contributed by atoms with E-state index in [0.29, 0.717) is 5.56 Å². The molecule has 0 aliphatic rings. The van der Waals surface area contributed by atoms with Gasteiger partial charge in [0.15, 0.2) is 0 Å². The van der Waals surface area contributed by atoms with Gasteiger partial charge in [0.2, 0.25) is 0 Å². The Balaban J connectivity index is 0.000000659. The lowest BCUT2D eigenvalue weighted by Crippen LogP contribution is -2.29. The van der Waals surface area contributed by atoms with Gasteiger partial charge in [-0.05, 0) is 22.9 Å². The van der Waals surface area contributed by atoms with Crippen LogP contribution in [0.25, 0.3) is 10.8 Å². The molecule has 0 aromatic heterocycles. The molecule has 3 nitrogen and oxygen atoms in total. The maximum Gasteiger partial charge on any atom is 0.265 e. The van der Waals surface area contributed by atoms with E-state index in [-0.39, 0.29) is 5.91 Å². The van der Waals surface area contributed by atoms with E-state index in [2.05, 4.69) is 18.3 Å². The smallest absolute Gasteiger partial charge is 0.265 e. The molecule has 0 fully saturated rings. The van der Waals surface area contributed by atoms with Crippen LogP contribution < -0.4 is 11.3 Å². The Morgan fingerprint density at radius 3 is 2.17 bits per heavy atom. The molecule has 3 N–H and O–H groups in total. The molecule has 94 valence electrons. The van der Waals surface area contributed by atoms with Crippen LogP contribution in [0.1, 0.15) is 24.2 Å². The molecule has 2 aromatic rings. The predicted molar refractivity (Wildman–Crippen MR) is 76.8 cm³/mol. The van der Waals surface area contributed by atoms with Crippen molar-refractivity contribution < 1.29 is 4.79 Å². The summed E-state index contributed by atoms with van der Waals surface area (Å²) in [6.45, 7) is 4.00. The van der Waals surface area contributed by atoms with E-state index in [1.54, 1.807) is 6.07 Å². The molecule has 1 amide bonds. The summed E-state index contributed by atoms with van der Waals surface area (Å²) in [5.41, 5.74) is 2.68. The van der Waals surface area contributed by atoms with Crippen molar-refractivity contribution in [2.75, 3.05) is 0 Å². The lowest BCUT2D eigenvalue weighted by Gasteiger charge is -2.01. The van der Waals surface area contributed by atoms with Gasteiger partial charge in [0.25, 0.3) is 5.91 Å². The Morgan fingerprint density at radius 1 is 1.06 bits per heavy atom. The van der Waals surface area contributed by atoms with Crippen LogP contribution in [0, 0.1) is 12.8 Å². The molecular weight excluding hydrogens is 224 g/mol. The maximum absolute atomic E-state index is 11.2. The number of hydrogen-bond donors (Lipinski definition) is 2. The van der Waals surface area contributed by atoms with Crippen LogP contribution >= 0.6 is 0 Å². The van der Waals surface area contributed by atoms with Gasteiger partial charge in [-0.25, -0.2) is 5.84 Å². The van der Waals surface area contributed by atoms with Gasteiger partial charge in [0, 0.05) is 5.56 Å². The second-order valence-corrected chi connectivity index (χ2v) is 3.04. The third-order valence-corrected chi connectivity index (χ3v) is 2.14. The van der Waals surface area contributed by atoms with Crippen LogP contribution in [-0.2, 0) is 0 Å². The van der Waals surface area contributed by atoms with E-state index in [9.17, 15) is 4.79 Å². The first-order chi connectivity index (χ1) is 8.81. The summed E-state index contributed by atoms with van der Waals surface area (Å²) >= 11 is 0. The second-order valence-electron chi connectivity index (χ2n) is 3.04. The van der Waals surface area contributed by atoms with Crippen molar-refractivity contribution >= 4 is 16.7 Å². The van der Waals surface area contributed by atoms with Gasteiger partial charge in [0.1, 0.15) is 0 Å². The number of terminal acetylenes is 1. The maximum atomic E-state index is 11.2. The number of amides is 1. The van der Waals surface area contributed by atoms with Gasteiger partial charge < -0.3 is 0 Å². The quantitative estimate of drug-likeness (QED) is 0.349. The predicted octanol–water partition coefficient (Wildman–Crippen LogP) is 2.72. The third-order valence-electron chi connectivity index (χ3n) is 2.14. The Hall–Kier alpha value is -2.31. The van der Waals surface area contributed by atoms with E-state index in [1.165, 1.54) is 0 Å².